The summed E-state index contributed by atoms with van der Waals surface area (Å²) in [4.78, 5) is 11.5. The van der Waals surface area contributed by atoms with Crippen molar-refractivity contribution in [3.05, 3.63) is 60.2 Å². The van der Waals surface area contributed by atoms with Gasteiger partial charge in [-0.05, 0) is 33.7 Å². The van der Waals surface area contributed by atoms with E-state index in [1.165, 1.54) is 17.9 Å². The van der Waals surface area contributed by atoms with E-state index in [1.54, 1.807) is 6.07 Å². The first-order valence-corrected chi connectivity index (χ1v) is 5.79. The molecule has 0 aliphatic rings. The third kappa shape index (κ3) is 1.63. The van der Waals surface area contributed by atoms with Crippen LogP contribution in [0.3, 0.4) is 0 Å². The molecule has 0 amide bonds. The van der Waals surface area contributed by atoms with Crippen molar-refractivity contribution in [2.24, 2.45) is 0 Å². The van der Waals surface area contributed by atoms with Crippen LogP contribution in [0.2, 0.25) is 0 Å². The molecule has 0 heterocycles. The van der Waals surface area contributed by atoms with Gasteiger partial charge in [0.25, 0.3) is 0 Å². The second kappa shape index (κ2) is 4.15. The highest BCUT2D eigenvalue weighted by Crippen LogP contribution is 2.26. The zero-order valence-electron chi connectivity index (χ0n) is 10.0. The van der Waals surface area contributed by atoms with Crippen molar-refractivity contribution < 1.29 is 9.53 Å². The lowest BCUT2D eigenvalue weighted by atomic mass is 10.0. The van der Waals surface area contributed by atoms with Gasteiger partial charge in [-0.2, -0.15) is 0 Å². The third-order valence-corrected chi connectivity index (χ3v) is 3.17. The first-order chi connectivity index (χ1) is 8.79. The molecule has 2 heteroatoms. The Hall–Kier alpha value is -2.35. The van der Waals surface area contributed by atoms with E-state index >= 15 is 0 Å². The van der Waals surface area contributed by atoms with Crippen LogP contribution in [0, 0.1) is 0 Å². The topological polar surface area (TPSA) is 26.3 Å². The molecule has 0 saturated carbocycles. The van der Waals surface area contributed by atoms with Crippen LogP contribution in [0.1, 0.15) is 10.4 Å². The predicted molar refractivity (Wildman–Crippen MR) is 72.8 cm³/mol. The van der Waals surface area contributed by atoms with Gasteiger partial charge in [0, 0.05) is 0 Å². The Morgan fingerprint density at radius 1 is 0.889 bits per heavy atom. The summed E-state index contributed by atoms with van der Waals surface area (Å²) < 4.78 is 4.73. The average molecular weight is 236 g/mol. The van der Waals surface area contributed by atoms with Gasteiger partial charge < -0.3 is 4.74 Å². The summed E-state index contributed by atoms with van der Waals surface area (Å²) in [6, 6.07) is 18.0. The number of hydrogen-bond donors (Lipinski definition) is 0. The van der Waals surface area contributed by atoms with Gasteiger partial charge in [0.1, 0.15) is 0 Å². The summed E-state index contributed by atoms with van der Waals surface area (Å²) >= 11 is 0. The maximum absolute atomic E-state index is 11.5. The molecule has 0 unspecified atom stereocenters. The molecular formula is C16H12O2. The van der Waals surface area contributed by atoms with Crippen LogP contribution in [0.15, 0.2) is 54.6 Å². The Kier molecular flexibility index (Phi) is 2.49. The summed E-state index contributed by atoms with van der Waals surface area (Å²) in [5, 5.41) is 4.61. The molecule has 0 aliphatic heterocycles. The summed E-state index contributed by atoms with van der Waals surface area (Å²) in [6.07, 6.45) is 0. The smallest absolute Gasteiger partial charge is 0.337 e. The monoisotopic (exact) mass is 236 g/mol. The van der Waals surface area contributed by atoms with Gasteiger partial charge in [0.05, 0.1) is 12.7 Å². The van der Waals surface area contributed by atoms with Gasteiger partial charge in [0.2, 0.25) is 0 Å². The van der Waals surface area contributed by atoms with Crippen LogP contribution < -0.4 is 0 Å². The fourth-order valence-electron chi connectivity index (χ4n) is 2.26. The molecule has 0 radical (unpaired) electrons. The van der Waals surface area contributed by atoms with Crippen LogP contribution in [0.5, 0.6) is 0 Å². The summed E-state index contributed by atoms with van der Waals surface area (Å²) in [5.74, 6) is -0.301. The van der Waals surface area contributed by atoms with E-state index in [1.807, 2.05) is 30.3 Å². The number of fused-ring (bicyclic) bond motifs is 3. The van der Waals surface area contributed by atoms with Crippen molar-refractivity contribution in [1.29, 1.82) is 0 Å². The van der Waals surface area contributed by atoms with Crippen molar-refractivity contribution >= 4 is 27.5 Å². The van der Waals surface area contributed by atoms with E-state index in [0.717, 1.165) is 10.8 Å². The minimum absolute atomic E-state index is 0.301. The fraction of sp³-hybridized carbons (Fsp3) is 0.0625. The molecule has 0 aromatic heterocycles. The normalized spacial score (nSPS) is 10.7. The van der Waals surface area contributed by atoms with E-state index in [9.17, 15) is 4.79 Å². The number of esters is 1. The molecule has 0 fully saturated rings. The summed E-state index contributed by atoms with van der Waals surface area (Å²) in [6.45, 7) is 0. The zero-order chi connectivity index (χ0) is 12.5. The number of benzene rings is 3. The van der Waals surface area contributed by atoms with Gasteiger partial charge >= 0.3 is 5.97 Å². The van der Waals surface area contributed by atoms with Crippen LogP contribution in [-0.4, -0.2) is 13.1 Å². The molecule has 0 bridgehead atoms. The molecule has 2 nitrogen and oxygen atoms in total. The minimum atomic E-state index is -0.301. The van der Waals surface area contributed by atoms with E-state index in [-0.39, 0.29) is 5.97 Å². The lowest BCUT2D eigenvalue weighted by molar-refractivity contribution is 0.0601. The first kappa shape index (κ1) is 10.8. The van der Waals surface area contributed by atoms with Gasteiger partial charge in [-0.1, -0.05) is 42.5 Å². The Bertz CT molecular complexity index is 744. The number of ether oxygens (including phenoxy) is 1. The highest BCUT2D eigenvalue weighted by Gasteiger charge is 2.07. The number of hydrogen-bond acceptors (Lipinski definition) is 2. The SMILES string of the molecule is COC(=O)c1ccc2c(ccc3ccccc32)c1. The molecule has 3 aromatic carbocycles. The Morgan fingerprint density at radius 3 is 2.44 bits per heavy atom. The number of rotatable bonds is 1. The lowest BCUT2D eigenvalue weighted by Gasteiger charge is -2.05. The predicted octanol–water partition coefficient (Wildman–Crippen LogP) is 3.78. The summed E-state index contributed by atoms with van der Waals surface area (Å²) in [7, 11) is 1.40. The van der Waals surface area contributed by atoms with E-state index in [0.29, 0.717) is 5.56 Å². The Labute approximate surface area is 105 Å². The molecule has 3 aromatic rings. The lowest BCUT2D eigenvalue weighted by Crippen LogP contribution is -2.00. The fourth-order valence-corrected chi connectivity index (χ4v) is 2.26. The average Bonchev–Trinajstić information content (AvgIpc) is 2.45. The van der Waals surface area contributed by atoms with Crippen LogP contribution in [0.25, 0.3) is 21.5 Å². The molecule has 0 spiro atoms. The zero-order valence-corrected chi connectivity index (χ0v) is 10.0. The van der Waals surface area contributed by atoms with Crippen LogP contribution in [-0.2, 0) is 4.74 Å². The van der Waals surface area contributed by atoms with Gasteiger partial charge in [-0.15, -0.1) is 0 Å². The molecule has 0 atom stereocenters. The van der Waals surface area contributed by atoms with E-state index < -0.39 is 0 Å². The van der Waals surface area contributed by atoms with Crippen molar-refractivity contribution in [2.75, 3.05) is 7.11 Å². The minimum Gasteiger partial charge on any atom is -0.465 e. The molecule has 3 rings (SSSR count). The standard InChI is InChI=1S/C16H12O2/c1-18-16(17)13-8-9-15-12(10-13)7-6-11-4-2-3-5-14(11)15/h2-10H,1H3. The van der Waals surface area contributed by atoms with Gasteiger partial charge in [0.15, 0.2) is 0 Å². The molecule has 0 aliphatic carbocycles. The Balaban J connectivity index is 2.31. The summed E-state index contributed by atoms with van der Waals surface area (Å²) in [5.41, 5.74) is 0.584. The maximum Gasteiger partial charge on any atom is 0.337 e. The van der Waals surface area contributed by atoms with E-state index in [2.05, 4.69) is 18.2 Å². The highest BCUT2D eigenvalue weighted by atomic mass is 16.5. The molecule has 18 heavy (non-hydrogen) atoms. The molecular weight excluding hydrogens is 224 g/mol. The van der Waals surface area contributed by atoms with Gasteiger partial charge in [-0.25, -0.2) is 4.79 Å². The number of methoxy groups -OCH3 is 1. The van der Waals surface area contributed by atoms with Crippen molar-refractivity contribution in [3.63, 3.8) is 0 Å². The van der Waals surface area contributed by atoms with Crippen molar-refractivity contribution in [3.8, 4) is 0 Å². The maximum atomic E-state index is 11.5. The second-order valence-corrected chi connectivity index (χ2v) is 4.21. The molecule has 0 saturated heterocycles. The number of carbonyl (C=O) groups excluding carboxylic acids is 1. The Morgan fingerprint density at radius 2 is 1.61 bits per heavy atom. The van der Waals surface area contributed by atoms with Crippen LogP contribution in [0.4, 0.5) is 0 Å². The molecule has 0 N–H and O–H groups in total. The first-order valence-electron chi connectivity index (χ1n) is 5.79. The van der Waals surface area contributed by atoms with Crippen LogP contribution >= 0.6 is 0 Å². The van der Waals surface area contributed by atoms with E-state index in [4.69, 9.17) is 4.74 Å². The quantitative estimate of drug-likeness (QED) is 0.474. The van der Waals surface area contributed by atoms with Crippen molar-refractivity contribution in [2.45, 2.75) is 0 Å². The number of carbonyl (C=O) groups is 1. The largest absolute Gasteiger partial charge is 0.465 e. The van der Waals surface area contributed by atoms with Crippen molar-refractivity contribution in [1.82, 2.24) is 0 Å². The second-order valence-electron chi connectivity index (χ2n) is 4.21. The highest BCUT2D eigenvalue weighted by molar-refractivity contribution is 6.09. The third-order valence-electron chi connectivity index (χ3n) is 3.17. The van der Waals surface area contributed by atoms with Gasteiger partial charge in [-0.3, -0.25) is 0 Å². The molecule has 88 valence electrons.